The molecule has 0 spiro atoms. The van der Waals surface area contributed by atoms with Gasteiger partial charge in [-0.25, -0.2) is 0 Å². The minimum Gasteiger partial charge on any atom is -0.316 e. The van der Waals surface area contributed by atoms with Crippen LogP contribution in [0.2, 0.25) is 0 Å². The molecule has 0 bridgehead atoms. The van der Waals surface area contributed by atoms with E-state index in [9.17, 15) is 0 Å². The molecular formula is C16H25N. The Morgan fingerprint density at radius 2 is 2.00 bits per heavy atom. The van der Waals surface area contributed by atoms with Gasteiger partial charge in [0.1, 0.15) is 0 Å². The van der Waals surface area contributed by atoms with Gasteiger partial charge in [-0.15, -0.1) is 0 Å². The number of nitrogens with one attached hydrogen (secondary N) is 1. The van der Waals surface area contributed by atoms with Gasteiger partial charge in [0, 0.05) is 12.5 Å². The van der Waals surface area contributed by atoms with Crippen molar-refractivity contribution in [3.63, 3.8) is 0 Å². The van der Waals surface area contributed by atoms with E-state index < -0.39 is 0 Å². The Morgan fingerprint density at radius 1 is 1.24 bits per heavy atom. The van der Waals surface area contributed by atoms with Crippen molar-refractivity contribution in [1.82, 2.24) is 5.32 Å². The Kier molecular flexibility index (Phi) is 4.29. The first-order chi connectivity index (χ1) is 8.18. The molecule has 2 aliphatic rings. The third kappa shape index (κ3) is 3.61. The minimum atomic E-state index is 0.291. The predicted octanol–water partition coefficient (Wildman–Crippen LogP) is 3.52. The standard InChI is InChI=1S/C16H25N/c1-16(2)13-17-12-11-15(16)10-6-9-14-7-4-3-5-8-14/h10,14,17H,3-5,7-8,11-13H2,1-2H3. The summed E-state index contributed by atoms with van der Waals surface area (Å²) in [6.07, 6.45) is 10.2. The van der Waals surface area contributed by atoms with Gasteiger partial charge in [0.2, 0.25) is 0 Å². The smallest absolute Gasteiger partial charge is 0.0206 e. The van der Waals surface area contributed by atoms with Crippen LogP contribution in [-0.4, -0.2) is 13.1 Å². The molecule has 1 heterocycles. The predicted molar refractivity (Wildman–Crippen MR) is 73.7 cm³/mol. The monoisotopic (exact) mass is 231 g/mol. The number of piperidine rings is 1. The maximum absolute atomic E-state index is 3.46. The Labute approximate surface area is 106 Å². The molecule has 2 rings (SSSR count). The summed E-state index contributed by atoms with van der Waals surface area (Å²) in [4.78, 5) is 0. The van der Waals surface area contributed by atoms with Crippen LogP contribution in [0.15, 0.2) is 11.6 Å². The highest BCUT2D eigenvalue weighted by Crippen LogP contribution is 2.30. The van der Waals surface area contributed by atoms with Crippen molar-refractivity contribution in [3.05, 3.63) is 11.6 Å². The zero-order valence-electron chi connectivity index (χ0n) is 11.3. The summed E-state index contributed by atoms with van der Waals surface area (Å²) >= 11 is 0. The highest BCUT2D eigenvalue weighted by molar-refractivity contribution is 5.27. The lowest BCUT2D eigenvalue weighted by Gasteiger charge is -2.33. The van der Waals surface area contributed by atoms with Crippen molar-refractivity contribution in [1.29, 1.82) is 0 Å². The van der Waals surface area contributed by atoms with Crippen molar-refractivity contribution < 1.29 is 0 Å². The van der Waals surface area contributed by atoms with Crippen LogP contribution < -0.4 is 5.32 Å². The third-order valence-electron chi connectivity index (χ3n) is 4.15. The van der Waals surface area contributed by atoms with E-state index in [1.807, 2.05) is 0 Å². The topological polar surface area (TPSA) is 12.0 Å². The van der Waals surface area contributed by atoms with Gasteiger partial charge in [-0.1, -0.05) is 50.5 Å². The van der Waals surface area contributed by atoms with Crippen molar-refractivity contribution in [2.24, 2.45) is 11.3 Å². The first kappa shape index (κ1) is 12.7. The zero-order chi connectivity index (χ0) is 12.1. The van der Waals surface area contributed by atoms with Crippen LogP contribution in [0.25, 0.3) is 0 Å². The molecule has 0 atom stereocenters. The van der Waals surface area contributed by atoms with Crippen LogP contribution in [0, 0.1) is 23.2 Å². The van der Waals surface area contributed by atoms with Crippen LogP contribution in [0.4, 0.5) is 0 Å². The molecule has 0 aromatic carbocycles. The van der Waals surface area contributed by atoms with Gasteiger partial charge in [-0.05, 0) is 37.3 Å². The molecular weight excluding hydrogens is 206 g/mol. The van der Waals surface area contributed by atoms with Gasteiger partial charge >= 0.3 is 0 Å². The summed E-state index contributed by atoms with van der Waals surface area (Å²) in [6, 6.07) is 0. The van der Waals surface area contributed by atoms with E-state index in [2.05, 4.69) is 37.1 Å². The van der Waals surface area contributed by atoms with E-state index in [1.54, 1.807) is 0 Å². The van der Waals surface area contributed by atoms with Crippen molar-refractivity contribution >= 4 is 0 Å². The zero-order valence-corrected chi connectivity index (χ0v) is 11.3. The van der Waals surface area contributed by atoms with Gasteiger partial charge < -0.3 is 5.32 Å². The lowest BCUT2D eigenvalue weighted by atomic mass is 9.79. The maximum Gasteiger partial charge on any atom is 0.0206 e. The van der Waals surface area contributed by atoms with Crippen LogP contribution in [0.1, 0.15) is 52.4 Å². The van der Waals surface area contributed by atoms with Crippen molar-refractivity contribution in [3.8, 4) is 11.8 Å². The lowest BCUT2D eigenvalue weighted by molar-refractivity contribution is 0.357. The molecule has 94 valence electrons. The molecule has 1 heteroatoms. The molecule has 1 aliphatic heterocycles. The van der Waals surface area contributed by atoms with Crippen molar-refractivity contribution in [2.45, 2.75) is 52.4 Å². The Balaban J connectivity index is 1.96. The molecule has 2 fully saturated rings. The Hall–Kier alpha value is -0.740. The van der Waals surface area contributed by atoms with E-state index >= 15 is 0 Å². The Morgan fingerprint density at radius 3 is 2.71 bits per heavy atom. The molecule has 1 saturated carbocycles. The first-order valence-corrected chi connectivity index (χ1v) is 7.10. The summed E-state index contributed by atoms with van der Waals surface area (Å²) < 4.78 is 0. The molecule has 0 aromatic heterocycles. The molecule has 1 saturated heterocycles. The second-order valence-electron chi connectivity index (χ2n) is 6.10. The highest BCUT2D eigenvalue weighted by Gasteiger charge is 2.25. The highest BCUT2D eigenvalue weighted by atomic mass is 14.9. The molecule has 1 N–H and O–H groups in total. The summed E-state index contributed by atoms with van der Waals surface area (Å²) in [5.74, 6) is 7.47. The summed E-state index contributed by atoms with van der Waals surface area (Å²) in [6.45, 7) is 6.82. The van der Waals surface area contributed by atoms with Gasteiger partial charge in [-0.3, -0.25) is 0 Å². The average Bonchev–Trinajstić information content (AvgIpc) is 2.32. The van der Waals surface area contributed by atoms with E-state index in [0.29, 0.717) is 11.3 Å². The average molecular weight is 231 g/mol. The normalized spacial score (nSPS) is 27.5. The number of hydrogen-bond acceptors (Lipinski definition) is 1. The van der Waals surface area contributed by atoms with E-state index in [1.165, 1.54) is 37.7 Å². The largest absolute Gasteiger partial charge is 0.316 e. The number of allylic oxidation sites excluding steroid dienone is 1. The van der Waals surface area contributed by atoms with Crippen LogP contribution in [0.5, 0.6) is 0 Å². The fourth-order valence-electron chi connectivity index (χ4n) is 2.84. The second kappa shape index (κ2) is 5.74. The van der Waals surface area contributed by atoms with Gasteiger partial charge in [0.15, 0.2) is 0 Å². The van der Waals surface area contributed by atoms with Crippen LogP contribution in [0.3, 0.4) is 0 Å². The third-order valence-corrected chi connectivity index (χ3v) is 4.15. The maximum atomic E-state index is 3.46. The fraction of sp³-hybridized carbons (Fsp3) is 0.750. The number of rotatable bonds is 0. The van der Waals surface area contributed by atoms with Gasteiger partial charge in [0.25, 0.3) is 0 Å². The molecule has 0 amide bonds. The minimum absolute atomic E-state index is 0.291. The lowest BCUT2D eigenvalue weighted by Crippen LogP contribution is -2.37. The SMILES string of the molecule is CC1(C)CNCCC1=CC#CC1CCCCC1. The summed E-state index contributed by atoms with van der Waals surface area (Å²) in [5, 5.41) is 3.46. The van der Waals surface area contributed by atoms with Crippen molar-refractivity contribution in [2.75, 3.05) is 13.1 Å². The quantitative estimate of drug-likeness (QED) is 0.629. The Bertz CT molecular complexity index is 334. The van der Waals surface area contributed by atoms with Gasteiger partial charge in [-0.2, -0.15) is 0 Å². The molecule has 1 nitrogen and oxygen atoms in total. The molecule has 0 aromatic rings. The van der Waals surface area contributed by atoms with Crippen LogP contribution in [-0.2, 0) is 0 Å². The first-order valence-electron chi connectivity index (χ1n) is 7.10. The van der Waals surface area contributed by atoms with Gasteiger partial charge in [0.05, 0.1) is 0 Å². The molecule has 0 unspecified atom stereocenters. The second-order valence-corrected chi connectivity index (χ2v) is 6.10. The molecule has 1 aliphatic carbocycles. The fourth-order valence-corrected chi connectivity index (χ4v) is 2.84. The summed E-state index contributed by atoms with van der Waals surface area (Å²) in [5.41, 5.74) is 1.82. The van der Waals surface area contributed by atoms with E-state index in [4.69, 9.17) is 0 Å². The van der Waals surface area contributed by atoms with E-state index in [-0.39, 0.29) is 0 Å². The number of hydrogen-bond donors (Lipinski definition) is 1. The molecule has 0 radical (unpaired) electrons. The van der Waals surface area contributed by atoms with Crippen LogP contribution >= 0.6 is 0 Å². The summed E-state index contributed by atoms with van der Waals surface area (Å²) in [7, 11) is 0. The van der Waals surface area contributed by atoms with E-state index in [0.717, 1.165) is 19.5 Å². The molecule has 17 heavy (non-hydrogen) atoms.